The normalized spacial score (nSPS) is 12.3. The maximum absolute atomic E-state index is 12.3. The average Bonchev–Trinajstić information content (AvgIpc) is 2.90. The summed E-state index contributed by atoms with van der Waals surface area (Å²) < 4.78 is 5.68. The van der Waals surface area contributed by atoms with Gasteiger partial charge in [-0.3, -0.25) is 9.59 Å². The lowest BCUT2D eigenvalue weighted by Crippen LogP contribution is -2.19. The van der Waals surface area contributed by atoms with Crippen LogP contribution in [0.25, 0.3) is 0 Å². The molecule has 0 aliphatic heterocycles. The predicted molar refractivity (Wildman–Crippen MR) is 163 cm³/mol. The van der Waals surface area contributed by atoms with E-state index in [1.54, 1.807) is 0 Å². The Bertz CT molecular complexity index is 543. The fraction of sp³-hybridized carbons (Fsp3) is 0.882. The van der Waals surface area contributed by atoms with Crippen molar-refractivity contribution >= 4 is 11.9 Å². The summed E-state index contributed by atoms with van der Waals surface area (Å²) in [6.07, 6.45) is 35.1. The number of esters is 1. The molecule has 38 heavy (non-hydrogen) atoms. The molecule has 1 N–H and O–H groups in total. The van der Waals surface area contributed by atoms with Crippen molar-refractivity contribution in [3.05, 3.63) is 12.2 Å². The molecule has 0 bridgehead atoms. The number of carboxylic acids is 1. The number of aliphatic carboxylic acids is 1. The van der Waals surface area contributed by atoms with E-state index in [-0.39, 0.29) is 18.5 Å². The van der Waals surface area contributed by atoms with Gasteiger partial charge >= 0.3 is 11.9 Å². The Kier molecular flexibility index (Phi) is 29.2. The van der Waals surface area contributed by atoms with Crippen molar-refractivity contribution in [3.63, 3.8) is 0 Å². The summed E-state index contributed by atoms with van der Waals surface area (Å²) in [5.74, 6) is -0.959. The molecule has 1 atom stereocenters. The number of allylic oxidation sites excluding steroid dienone is 2. The summed E-state index contributed by atoms with van der Waals surface area (Å²) in [4.78, 5) is 23.3. The molecule has 0 aromatic rings. The molecular formula is C34H64O4. The van der Waals surface area contributed by atoms with Crippen LogP contribution in [0.1, 0.15) is 187 Å². The zero-order valence-corrected chi connectivity index (χ0v) is 25.5. The van der Waals surface area contributed by atoms with Crippen LogP contribution in [0, 0.1) is 0 Å². The summed E-state index contributed by atoms with van der Waals surface area (Å²) in [5, 5.41) is 9.03. The number of carboxylic acid groups (broad SMARTS) is 1. The Hall–Kier alpha value is -1.32. The first-order valence-electron chi connectivity index (χ1n) is 16.7. The molecular weight excluding hydrogens is 472 g/mol. The number of rotatable bonds is 30. The van der Waals surface area contributed by atoms with Crippen molar-refractivity contribution in [2.45, 2.75) is 193 Å². The summed E-state index contributed by atoms with van der Waals surface area (Å²) >= 11 is 0. The molecule has 4 heteroatoms. The minimum atomic E-state index is -0.814. The largest absolute Gasteiger partial charge is 0.481 e. The highest BCUT2D eigenvalue weighted by molar-refractivity contribution is 5.69. The van der Waals surface area contributed by atoms with E-state index in [0.29, 0.717) is 12.8 Å². The number of carbonyl (C=O) groups is 2. The van der Waals surface area contributed by atoms with Gasteiger partial charge in [-0.05, 0) is 51.4 Å². The van der Waals surface area contributed by atoms with Crippen molar-refractivity contribution < 1.29 is 19.4 Å². The number of unbranched alkanes of at least 4 members (excludes halogenated alkanes) is 20. The summed E-state index contributed by atoms with van der Waals surface area (Å²) in [6.45, 7) is 4.50. The SMILES string of the molecule is CCCCCCCC/C=C\CCCCCCCCCC(=O)OC(CCCCCCCCCC)CCC(=O)O. The topological polar surface area (TPSA) is 63.6 Å². The van der Waals surface area contributed by atoms with Gasteiger partial charge in [-0.2, -0.15) is 0 Å². The van der Waals surface area contributed by atoms with E-state index < -0.39 is 5.97 Å². The van der Waals surface area contributed by atoms with E-state index in [2.05, 4.69) is 26.0 Å². The van der Waals surface area contributed by atoms with Crippen LogP contribution in [0.3, 0.4) is 0 Å². The van der Waals surface area contributed by atoms with Crippen molar-refractivity contribution in [1.82, 2.24) is 0 Å². The second-order valence-electron chi connectivity index (χ2n) is 11.3. The molecule has 0 radical (unpaired) electrons. The van der Waals surface area contributed by atoms with E-state index in [0.717, 1.165) is 32.1 Å². The summed E-state index contributed by atoms with van der Waals surface area (Å²) in [6, 6.07) is 0. The van der Waals surface area contributed by atoms with Gasteiger partial charge in [0.1, 0.15) is 6.10 Å². The van der Waals surface area contributed by atoms with E-state index in [9.17, 15) is 9.59 Å². The zero-order chi connectivity index (χ0) is 27.9. The molecule has 0 spiro atoms. The molecule has 0 fully saturated rings. The number of carbonyl (C=O) groups excluding carboxylic acids is 1. The van der Waals surface area contributed by atoms with Gasteiger partial charge in [-0.1, -0.05) is 135 Å². The first kappa shape index (κ1) is 36.7. The molecule has 0 aromatic heterocycles. The van der Waals surface area contributed by atoms with E-state index in [4.69, 9.17) is 9.84 Å². The molecule has 0 saturated heterocycles. The van der Waals surface area contributed by atoms with Crippen LogP contribution in [-0.2, 0) is 14.3 Å². The molecule has 0 aromatic carbocycles. The molecule has 0 aliphatic rings. The van der Waals surface area contributed by atoms with Gasteiger partial charge in [-0.15, -0.1) is 0 Å². The molecule has 4 nitrogen and oxygen atoms in total. The minimum absolute atomic E-state index is 0.0733. The second-order valence-corrected chi connectivity index (χ2v) is 11.3. The van der Waals surface area contributed by atoms with Gasteiger partial charge in [0.2, 0.25) is 0 Å². The minimum Gasteiger partial charge on any atom is -0.481 e. The van der Waals surface area contributed by atoms with Crippen LogP contribution in [0.4, 0.5) is 0 Å². The van der Waals surface area contributed by atoms with Gasteiger partial charge in [0.15, 0.2) is 0 Å². The third-order valence-electron chi connectivity index (χ3n) is 7.50. The van der Waals surface area contributed by atoms with Crippen LogP contribution < -0.4 is 0 Å². The lowest BCUT2D eigenvalue weighted by atomic mass is 10.0. The van der Waals surface area contributed by atoms with E-state index >= 15 is 0 Å². The highest BCUT2D eigenvalue weighted by atomic mass is 16.5. The first-order chi connectivity index (χ1) is 18.6. The van der Waals surface area contributed by atoms with Crippen molar-refractivity contribution in [1.29, 1.82) is 0 Å². The lowest BCUT2D eigenvalue weighted by Gasteiger charge is -2.17. The number of hydrogen-bond acceptors (Lipinski definition) is 3. The maximum atomic E-state index is 12.3. The lowest BCUT2D eigenvalue weighted by molar-refractivity contribution is -0.151. The molecule has 0 heterocycles. The smallest absolute Gasteiger partial charge is 0.306 e. The van der Waals surface area contributed by atoms with Gasteiger partial charge in [0.25, 0.3) is 0 Å². The zero-order valence-electron chi connectivity index (χ0n) is 25.5. The Morgan fingerprint density at radius 1 is 0.553 bits per heavy atom. The number of hydrogen-bond donors (Lipinski definition) is 1. The predicted octanol–water partition coefficient (Wildman–Crippen LogP) is 11.1. The Labute approximate surface area is 236 Å². The fourth-order valence-electron chi connectivity index (χ4n) is 4.99. The Morgan fingerprint density at radius 3 is 1.45 bits per heavy atom. The van der Waals surface area contributed by atoms with Crippen LogP contribution in [-0.4, -0.2) is 23.1 Å². The third-order valence-corrected chi connectivity index (χ3v) is 7.50. The monoisotopic (exact) mass is 536 g/mol. The third kappa shape index (κ3) is 29.2. The molecule has 1 unspecified atom stereocenters. The van der Waals surface area contributed by atoms with Gasteiger partial charge in [0.05, 0.1) is 0 Å². The molecule has 0 saturated carbocycles. The Balaban J connectivity index is 3.70. The first-order valence-corrected chi connectivity index (χ1v) is 16.7. The van der Waals surface area contributed by atoms with Crippen LogP contribution in [0.5, 0.6) is 0 Å². The molecule has 0 rings (SSSR count). The van der Waals surface area contributed by atoms with Crippen LogP contribution in [0.15, 0.2) is 12.2 Å². The fourth-order valence-corrected chi connectivity index (χ4v) is 4.99. The standard InChI is InChI=1S/C34H64O4/c1-3-5-7-9-11-13-14-15-16-17-18-19-20-21-23-25-27-29-34(37)38-32(30-31-33(35)36)28-26-24-22-12-10-8-6-4-2/h15-16,32H,3-14,17-31H2,1-2H3,(H,35,36)/b16-15-. The highest BCUT2D eigenvalue weighted by Gasteiger charge is 2.15. The highest BCUT2D eigenvalue weighted by Crippen LogP contribution is 2.17. The number of ether oxygens (including phenoxy) is 1. The van der Waals surface area contributed by atoms with Crippen molar-refractivity contribution in [3.8, 4) is 0 Å². The van der Waals surface area contributed by atoms with Crippen LogP contribution in [0.2, 0.25) is 0 Å². The summed E-state index contributed by atoms with van der Waals surface area (Å²) in [7, 11) is 0. The van der Waals surface area contributed by atoms with Crippen molar-refractivity contribution in [2.75, 3.05) is 0 Å². The van der Waals surface area contributed by atoms with Gasteiger partial charge in [0, 0.05) is 12.8 Å². The summed E-state index contributed by atoms with van der Waals surface area (Å²) in [5.41, 5.74) is 0. The maximum Gasteiger partial charge on any atom is 0.306 e. The van der Waals surface area contributed by atoms with Gasteiger partial charge in [-0.25, -0.2) is 0 Å². The quantitative estimate of drug-likeness (QED) is 0.0563. The van der Waals surface area contributed by atoms with E-state index in [1.165, 1.54) is 122 Å². The Morgan fingerprint density at radius 2 is 0.974 bits per heavy atom. The average molecular weight is 537 g/mol. The van der Waals surface area contributed by atoms with Gasteiger partial charge < -0.3 is 9.84 Å². The van der Waals surface area contributed by atoms with E-state index in [1.807, 2.05) is 0 Å². The molecule has 0 amide bonds. The van der Waals surface area contributed by atoms with Crippen LogP contribution >= 0.6 is 0 Å². The second kappa shape index (κ2) is 30.2. The van der Waals surface area contributed by atoms with Crippen molar-refractivity contribution in [2.24, 2.45) is 0 Å². The molecule has 224 valence electrons. The molecule has 0 aliphatic carbocycles.